The first-order chi connectivity index (χ1) is 28.3. The summed E-state index contributed by atoms with van der Waals surface area (Å²) >= 11 is 0. The molecule has 0 radical (unpaired) electrons. The molecule has 1 unspecified atom stereocenters. The van der Waals surface area contributed by atoms with E-state index in [1.807, 2.05) is 24.4 Å². The normalized spacial score (nSPS) is 20.3. The van der Waals surface area contributed by atoms with Crippen LogP contribution < -0.4 is 15.5 Å². The Morgan fingerprint density at radius 2 is 1.76 bits per heavy atom. The second-order valence-electron chi connectivity index (χ2n) is 15.0. The van der Waals surface area contributed by atoms with E-state index in [9.17, 15) is 20.1 Å². The molecule has 17 heteroatoms. The van der Waals surface area contributed by atoms with Gasteiger partial charge in [0, 0.05) is 61.9 Å². The van der Waals surface area contributed by atoms with Gasteiger partial charge in [-0.2, -0.15) is 20.3 Å². The quantitative estimate of drug-likeness (QED) is 0.133. The number of piperazine rings is 1. The van der Waals surface area contributed by atoms with Gasteiger partial charge in [-0.1, -0.05) is 17.3 Å². The maximum atomic E-state index is 12.3. The number of pyridine rings is 2. The first kappa shape index (κ1) is 39.5. The van der Waals surface area contributed by atoms with Gasteiger partial charge in [0.25, 0.3) is 6.47 Å². The van der Waals surface area contributed by atoms with E-state index in [4.69, 9.17) is 9.90 Å². The summed E-state index contributed by atoms with van der Waals surface area (Å²) in [6.07, 6.45) is 13.5. The molecule has 5 aromatic rings. The highest BCUT2D eigenvalue weighted by molar-refractivity contribution is 6.01. The van der Waals surface area contributed by atoms with E-state index in [1.54, 1.807) is 34.7 Å². The summed E-state index contributed by atoms with van der Waals surface area (Å²) in [6, 6.07) is 15.7. The Hall–Kier alpha value is -6.72. The van der Waals surface area contributed by atoms with E-state index in [0.29, 0.717) is 53.1 Å². The fraction of sp³-hybridized carbons (Fsp3) is 0.415. The first-order valence-electron chi connectivity index (χ1n) is 19.6. The van der Waals surface area contributed by atoms with Crippen LogP contribution >= 0.6 is 0 Å². The maximum absolute atomic E-state index is 12.3. The van der Waals surface area contributed by atoms with E-state index in [-0.39, 0.29) is 24.2 Å². The second-order valence-corrected chi connectivity index (χ2v) is 15.0. The number of anilines is 2. The first-order valence-corrected chi connectivity index (χ1v) is 19.6. The van der Waals surface area contributed by atoms with Crippen molar-refractivity contribution in [1.29, 1.82) is 10.5 Å². The SMILES string of the molecule is C[C@H](C#N)Nc1cc(-n2ncc3cc(C#N)cnc32)ncc1-n1cc(C2CCC(CCN3CCN(c4ccc(C5CCC(=O)NC5=O)cc4)CC3)CC2)nn1.O=CO. The van der Waals surface area contributed by atoms with E-state index in [0.717, 1.165) is 62.2 Å². The molecule has 0 spiro atoms. The van der Waals surface area contributed by atoms with E-state index >= 15 is 0 Å². The van der Waals surface area contributed by atoms with Crippen LogP contribution in [0.2, 0.25) is 0 Å². The van der Waals surface area contributed by atoms with Crippen LogP contribution in [0.3, 0.4) is 0 Å². The number of amides is 2. The number of aromatic nitrogens is 7. The Kier molecular flexibility index (Phi) is 12.3. The molecule has 58 heavy (non-hydrogen) atoms. The molecule has 2 saturated heterocycles. The Bertz CT molecular complexity index is 2330. The molecule has 4 aromatic heterocycles. The zero-order valence-corrected chi connectivity index (χ0v) is 32.2. The minimum absolute atomic E-state index is 0.183. The molecule has 1 aromatic carbocycles. The molecule has 3 aliphatic rings. The van der Waals surface area contributed by atoms with Gasteiger partial charge in [0.15, 0.2) is 11.5 Å². The van der Waals surface area contributed by atoms with Crippen LogP contribution in [-0.4, -0.2) is 102 Å². The van der Waals surface area contributed by atoms with Crippen molar-refractivity contribution in [2.75, 3.05) is 42.9 Å². The fourth-order valence-electron chi connectivity index (χ4n) is 8.12. The van der Waals surface area contributed by atoms with Gasteiger partial charge in [-0.05, 0) is 81.7 Å². The van der Waals surface area contributed by atoms with Gasteiger partial charge < -0.3 is 15.3 Å². The molecule has 2 atom stereocenters. The number of benzene rings is 1. The van der Waals surface area contributed by atoms with Crippen molar-refractivity contribution in [2.24, 2.45) is 5.92 Å². The lowest BCUT2D eigenvalue weighted by Crippen LogP contribution is -2.47. The predicted molar refractivity (Wildman–Crippen MR) is 213 cm³/mol. The zero-order valence-electron chi connectivity index (χ0n) is 32.2. The molecule has 6 heterocycles. The molecule has 1 saturated carbocycles. The number of hydrogen-bond acceptors (Lipinski definition) is 13. The summed E-state index contributed by atoms with van der Waals surface area (Å²) in [7, 11) is 0. The maximum Gasteiger partial charge on any atom is 0.290 e. The number of imide groups is 1. The van der Waals surface area contributed by atoms with Crippen LogP contribution in [0.25, 0.3) is 22.5 Å². The molecule has 8 rings (SSSR count). The summed E-state index contributed by atoms with van der Waals surface area (Å²) in [4.78, 5) is 46.3. The number of carbonyl (C=O) groups excluding carboxylic acids is 2. The molecular weight excluding hydrogens is 739 g/mol. The number of carbonyl (C=O) groups is 3. The number of nitrogens with one attached hydrogen (secondary N) is 2. The minimum atomic E-state index is -0.465. The molecule has 3 fully saturated rings. The molecule has 2 amide bonds. The highest BCUT2D eigenvalue weighted by Crippen LogP contribution is 2.37. The van der Waals surface area contributed by atoms with E-state index in [1.165, 1.54) is 31.1 Å². The van der Waals surface area contributed by atoms with Gasteiger partial charge in [0.1, 0.15) is 17.8 Å². The van der Waals surface area contributed by atoms with Crippen LogP contribution in [0.15, 0.2) is 61.2 Å². The van der Waals surface area contributed by atoms with E-state index < -0.39 is 6.04 Å². The summed E-state index contributed by atoms with van der Waals surface area (Å²) < 4.78 is 3.34. The molecule has 17 nitrogen and oxygen atoms in total. The van der Waals surface area contributed by atoms with Crippen LogP contribution in [0.1, 0.15) is 80.5 Å². The Morgan fingerprint density at radius 1 is 1.00 bits per heavy atom. The third-order valence-electron chi connectivity index (χ3n) is 11.3. The van der Waals surface area contributed by atoms with Crippen molar-refractivity contribution in [3.63, 3.8) is 0 Å². The summed E-state index contributed by atoms with van der Waals surface area (Å²) in [6.45, 7) is 6.67. The van der Waals surface area contributed by atoms with Crippen molar-refractivity contribution in [1.82, 2.24) is 45.0 Å². The molecular formula is C41H45N13O4. The lowest BCUT2D eigenvalue weighted by molar-refractivity contribution is -0.134. The molecule has 0 bridgehead atoms. The van der Waals surface area contributed by atoms with Gasteiger partial charge in [0.05, 0.1) is 47.5 Å². The van der Waals surface area contributed by atoms with Gasteiger partial charge in [0.2, 0.25) is 11.8 Å². The van der Waals surface area contributed by atoms with E-state index in [2.05, 4.69) is 70.1 Å². The molecule has 298 valence electrons. The Labute approximate surface area is 335 Å². The van der Waals surface area contributed by atoms with Crippen LogP contribution in [0.4, 0.5) is 11.4 Å². The van der Waals surface area contributed by atoms with Crippen molar-refractivity contribution in [2.45, 2.75) is 69.7 Å². The number of rotatable bonds is 10. The summed E-state index contributed by atoms with van der Waals surface area (Å²) in [5.74, 6) is 0.933. The Balaban J connectivity index is 0.00000166. The van der Waals surface area contributed by atoms with Crippen LogP contribution in [0, 0.1) is 28.6 Å². The summed E-state index contributed by atoms with van der Waals surface area (Å²) in [5.41, 5.74) is 5.50. The number of nitriles is 2. The van der Waals surface area contributed by atoms with Crippen molar-refractivity contribution in [3.8, 4) is 23.6 Å². The average molecular weight is 784 g/mol. The molecule has 2 aliphatic heterocycles. The fourth-order valence-corrected chi connectivity index (χ4v) is 8.12. The number of carboxylic acid groups (broad SMARTS) is 1. The average Bonchev–Trinajstić information content (AvgIpc) is 3.92. The second kappa shape index (κ2) is 18.0. The topological polar surface area (TPSA) is 224 Å². The van der Waals surface area contributed by atoms with Gasteiger partial charge in [-0.25, -0.2) is 14.6 Å². The highest BCUT2D eigenvalue weighted by Gasteiger charge is 2.29. The predicted octanol–water partition coefficient (Wildman–Crippen LogP) is 4.30. The number of nitrogens with zero attached hydrogens (tertiary/aromatic N) is 11. The standard InChI is InChI=1S/C40H43N13O2.CH2O2/c1-26(20-41)46-34-19-37(53-39-31(23-45-53)18-28(21-42)22-44-39)43-24-36(34)52-25-35(48-49-52)30-4-2-27(3-5-30)12-13-50-14-16-51(17-15-50)32-8-6-29(7-9-32)33-10-11-38(54)47-40(33)55;2-1-3/h6-9,18-19,22-27,30,33H,2-5,10-17H2,1H3,(H,43,46)(H,47,54,55);1H,(H,2,3)/t26-,27?,30?,33?;/m1./s1. The number of piperidine rings is 1. The molecule has 3 N–H and O–H groups in total. The lowest BCUT2D eigenvalue weighted by Gasteiger charge is -2.37. The largest absolute Gasteiger partial charge is 0.483 e. The van der Waals surface area contributed by atoms with Gasteiger partial charge >= 0.3 is 0 Å². The highest BCUT2D eigenvalue weighted by atomic mass is 16.3. The van der Waals surface area contributed by atoms with Gasteiger partial charge in [-0.15, -0.1) is 5.10 Å². The van der Waals surface area contributed by atoms with Crippen molar-refractivity contribution >= 4 is 40.7 Å². The zero-order chi connectivity index (χ0) is 40.6. The van der Waals surface area contributed by atoms with Crippen molar-refractivity contribution < 1.29 is 19.5 Å². The number of hydrogen-bond donors (Lipinski definition) is 3. The Morgan fingerprint density at radius 3 is 2.47 bits per heavy atom. The van der Waals surface area contributed by atoms with Crippen LogP contribution in [-0.2, 0) is 14.4 Å². The molecule has 1 aliphatic carbocycles. The van der Waals surface area contributed by atoms with Crippen LogP contribution in [0.5, 0.6) is 0 Å². The third-order valence-corrected chi connectivity index (χ3v) is 11.3. The van der Waals surface area contributed by atoms with Gasteiger partial charge in [-0.3, -0.25) is 24.6 Å². The van der Waals surface area contributed by atoms with Crippen molar-refractivity contribution in [3.05, 3.63) is 78.0 Å². The minimum Gasteiger partial charge on any atom is -0.483 e. The lowest BCUT2D eigenvalue weighted by atomic mass is 9.79. The summed E-state index contributed by atoms with van der Waals surface area (Å²) in [5, 5.41) is 45.7. The third kappa shape index (κ3) is 8.95. The smallest absolute Gasteiger partial charge is 0.290 e. The number of fused-ring (bicyclic) bond motifs is 1. The monoisotopic (exact) mass is 783 g/mol.